The molecule has 20 heavy (non-hydrogen) atoms. The van der Waals surface area contributed by atoms with Crippen LogP contribution in [-0.2, 0) is 3.79 Å². The minimum atomic E-state index is -1.46. The smallest absolute Gasteiger partial charge is 0.216 e. The second-order valence-electron chi connectivity index (χ2n) is 3.45. The van der Waals surface area contributed by atoms with Crippen LogP contribution in [0.1, 0.15) is 11.1 Å². The van der Waals surface area contributed by atoms with E-state index in [9.17, 15) is 0 Å². The maximum absolute atomic E-state index is 5.80. The highest BCUT2D eigenvalue weighted by molar-refractivity contribution is 6.66. The van der Waals surface area contributed by atoms with Crippen molar-refractivity contribution < 1.29 is 4.74 Å². The van der Waals surface area contributed by atoms with Gasteiger partial charge in [0.25, 0.3) is 0 Å². The van der Waals surface area contributed by atoms with Crippen LogP contribution in [0.3, 0.4) is 0 Å². The summed E-state index contributed by atoms with van der Waals surface area (Å²) in [6.45, 7) is 3.64. The second kappa shape index (κ2) is 8.04. The van der Waals surface area contributed by atoms with Gasteiger partial charge in [-0.2, -0.15) is 0 Å². The highest BCUT2D eigenvalue weighted by Gasteiger charge is 2.25. The number of hydrogen-bond acceptors (Lipinski definition) is 4. The first-order valence-electron chi connectivity index (χ1n) is 5.41. The molecule has 7 heteroatoms. The minimum absolute atomic E-state index is 0.567. The summed E-state index contributed by atoms with van der Waals surface area (Å²) in [5.41, 5.74) is 1.35. The van der Waals surface area contributed by atoms with Gasteiger partial charge in [0.15, 0.2) is 0 Å². The molecule has 0 saturated carbocycles. The number of benzene rings is 1. The van der Waals surface area contributed by atoms with Crippen LogP contribution in [-0.4, -0.2) is 22.1 Å². The number of ether oxygens (including phenoxy) is 1. The first-order valence-corrected chi connectivity index (χ1v) is 6.55. The molecule has 2 rings (SSSR count). The normalized spacial score (nSPS) is 10.2. The first-order chi connectivity index (χ1) is 9.49. The Morgan fingerprint density at radius 3 is 2.00 bits per heavy atom. The number of alkyl halides is 3. The first kappa shape index (κ1) is 16.7. The summed E-state index contributed by atoms with van der Waals surface area (Å²) < 4.78 is 3.58. The topological polar surface area (TPSA) is 47.9 Å². The highest BCUT2D eigenvalue weighted by atomic mass is 35.6. The third-order valence-electron chi connectivity index (χ3n) is 2.19. The zero-order chi connectivity index (χ0) is 15.0. The zero-order valence-corrected chi connectivity index (χ0v) is 12.9. The number of hydrogen-bond donors (Lipinski definition) is 0. The van der Waals surface area contributed by atoms with E-state index < -0.39 is 3.79 Å². The van der Waals surface area contributed by atoms with Gasteiger partial charge < -0.3 is 4.74 Å². The Balaban J connectivity index is 0.000000276. The van der Waals surface area contributed by atoms with Gasteiger partial charge in [-0.3, -0.25) is 0 Å². The van der Waals surface area contributed by atoms with Gasteiger partial charge in [-0.1, -0.05) is 53.5 Å². The molecule has 4 nitrogen and oxygen atoms in total. The molecule has 0 N–H and O–H groups in total. The van der Waals surface area contributed by atoms with E-state index in [1.807, 2.05) is 0 Å². The van der Waals surface area contributed by atoms with E-state index in [0.29, 0.717) is 11.3 Å². The number of nitrogens with zero attached hydrogens (tertiary/aromatic N) is 3. The van der Waals surface area contributed by atoms with Gasteiger partial charge in [0.2, 0.25) is 3.79 Å². The Kier molecular flexibility index (Phi) is 6.71. The summed E-state index contributed by atoms with van der Waals surface area (Å²) in [6.07, 6.45) is 5.95. The van der Waals surface area contributed by atoms with E-state index in [2.05, 4.69) is 21.5 Å². The van der Waals surface area contributed by atoms with Gasteiger partial charge in [0.05, 0.1) is 7.11 Å². The van der Waals surface area contributed by atoms with Crippen LogP contribution in [0.25, 0.3) is 6.08 Å². The minimum Gasteiger partial charge on any atom is -0.497 e. The maximum atomic E-state index is 5.80. The summed E-state index contributed by atoms with van der Waals surface area (Å²) in [5.74, 6) is 0.650. The number of halogens is 3. The molecule has 0 atom stereocenters. The fourth-order valence-corrected chi connectivity index (χ4v) is 1.78. The second-order valence-corrected chi connectivity index (χ2v) is 5.73. The molecule has 0 amide bonds. The van der Waals surface area contributed by atoms with Crippen LogP contribution in [0.15, 0.2) is 43.8 Å². The summed E-state index contributed by atoms with van der Waals surface area (Å²) in [4.78, 5) is 10.7. The van der Waals surface area contributed by atoms with Gasteiger partial charge in [-0.05, 0) is 17.7 Å². The molecule has 1 aromatic carbocycles. The molecular weight excluding hydrogens is 321 g/mol. The van der Waals surface area contributed by atoms with Gasteiger partial charge in [0, 0.05) is 5.56 Å². The predicted molar refractivity (Wildman–Crippen MR) is 82.1 cm³/mol. The molecule has 0 aliphatic carbocycles. The third kappa shape index (κ3) is 5.33. The molecule has 2 aromatic rings. The number of rotatable bonds is 2. The molecule has 0 fully saturated rings. The lowest BCUT2D eigenvalue weighted by Gasteiger charge is -2.15. The molecule has 0 spiro atoms. The predicted octanol–water partition coefficient (Wildman–Crippen LogP) is 4.04. The van der Waals surface area contributed by atoms with Crippen molar-refractivity contribution in [2.24, 2.45) is 0 Å². The molecule has 0 aliphatic rings. The average molecular weight is 333 g/mol. The fraction of sp³-hybridized carbons (Fsp3) is 0.154. The Morgan fingerprint density at radius 1 is 1.10 bits per heavy atom. The van der Waals surface area contributed by atoms with Crippen LogP contribution in [0.2, 0.25) is 0 Å². The number of methoxy groups -OCH3 is 1. The quantitative estimate of drug-likeness (QED) is 0.779. The maximum Gasteiger partial charge on any atom is 0.216 e. The standard InChI is InChI=1S/C10H9Cl3O.C3H3N3/c1-3-7-4-5-8(14-2)6-9(7)10(11,12)13;1-4-2-6-3-5-1/h3-6H,1H2,2H3;1-3H. The van der Waals surface area contributed by atoms with Crippen LogP contribution in [0.4, 0.5) is 0 Å². The van der Waals surface area contributed by atoms with Crippen LogP contribution < -0.4 is 4.74 Å². The Bertz CT molecular complexity index is 518. The monoisotopic (exact) mass is 331 g/mol. The van der Waals surface area contributed by atoms with E-state index in [-0.39, 0.29) is 0 Å². The average Bonchev–Trinajstić information content (AvgIpc) is 2.48. The van der Waals surface area contributed by atoms with Crippen LogP contribution >= 0.6 is 34.8 Å². The Labute approximate surface area is 132 Å². The van der Waals surface area contributed by atoms with Crippen molar-refractivity contribution in [2.45, 2.75) is 3.79 Å². The third-order valence-corrected chi connectivity index (χ3v) is 2.80. The zero-order valence-electron chi connectivity index (χ0n) is 10.6. The molecule has 0 unspecified atom stereocenters. The SMILES string of the molecule is C=Cc1ccc(OC)cc1C(Cl)(Cl)Cl.c1ncncn1. The molecule has 1 aromatic heterocycles. The van der Waals surface area contributed by atoms with Gasteiger partial charge in [0.1, 0.15) is 24.7 Å². The Morgan fingerprint density at radius 2 is 1.65 bits per heavy atom. The van der Waals surface area contributed by atoms with Crippen LogP contribution in [0.5, 0.6) is 5.75 Å². The van der Waals surface area contributed by atoms with E-state index in [4.69, 9.17) is 39.5 Å². The van der Waals surface area contributed by atoms with Crippen molar-refractivity contribution in [3.05, 3.63) is 54.9 Å². The van der Waals surface area contributed by atoms with E-state index in [1.165, 1.54) is 19.0 Å². The van der Waals surface area contributed by atoms with E-state index in [1.54, 1.807) is 31.4 Å². The van der Waals surface area contributed by atoms with Crippen molar-refractivity contribution in [1.82, 2.24) is 15.0 Å². The van der Waals surface area contributed by atoms with Gasteiger partial charge >= 0.3 is 0 Å². The molecule has 0 radical (unpaired) electrons. The molecule has 0 saturated heterocycles. The van der Waals surface area contributed by atoms with Crippen molar-refractivity contribution in [1.29, 1.82) is 0 Å². The van der Waals surface area contributed by atoms with Gasteiger partial charge in [-0.15, -0.1) is 0 Å². The molecule has 106 valence electrons. The van der Waals surface area contributed by atoms with Crippen LogP contribution in [0, 0.1) is 0 Å². The Hall–Kier alpha value is -1.36. The van der Waals surface area contributed by atoms with E-state index in [0.717, 1.165) is 5.56 Å². The molecule has 0 bridgehead atoms. The molecule has 1 heterocycles. The van der Waals surface area contributed by atoms with Gasteiger partial charge in [-0.25, -0.2) is 15.0 Å². The van der Waals surface area contributed by atoms with Crippen molar-refractivity contribution >= 4 is 40.9 Å². The largest absolute Gasteiger partial charge is 0.497 e. The summed E-state index contributed by atoms with van der Waals surface area (Å²) in [5, 5.41) is 0. The summed E-state index contributed by atoms with van der Waals surface area (Å²) in [6, 6.07) is 5.27. The molecular formula is C13H12Cl3N3O. The lowest BCUT2D eigenvalue weighted by molar-refractivity contribution is 0.414. The summed E-state index contributed by atoms with van der Waals surface area (Å²) >= 11 is 17.4. The lowest BCUT2D eigenvalue weighted by Crippen LogP contribution is -2.03. The van der Waals surface area contributed by atoms with Crippen molar-refractivity contribution in [2.75, 3.05) is 7.11 Å². The van der Waals surface area contributed by atoms with E-state index >= 15 is 0 Å². The number of aromatic nitrogens is 3. The summed E-state index contributed by atoms with van der Waals surface area (Å²) in [7, 11) is 1.56. The molecule has 0 aliphatic heterocycles. The highest BCUT2D eigenvalue weighted by Crippen LogP contribution is 2.41. The lowest BCUT2D eigenvalue weighted by atomic mass is 10.1. The van der Waals surface area contributed by atoms with Crippen molar-refractivity contribution in [3.8, 4) is 5.75 Å². The van der Waals surface area contributed by atoms with Crippen molar-refractivity contribution in [3.63, 3.8) is 0 Å². The fourth-order valence-electron chi connectivity index (χ4n) is 1.29.